The highest BCUT2D eigenvalue weighted by Gasteiger charge is 2.56. The molecule has 0 bridgehead atoms. The fraction of sp³-hybridized carbons (Fsp3) is 0.206. The van der Waals surface area contributed by atoms with E-state index in [1.807, 2.05) is 77.3 Å². The molecule has 1 aliphatic rings. The van der Waals surface area contributed by atoms with Crippen LogP contribution in [0.3, 0.4) is 0 Å². The number of hydrogen-bond acceptors (Lipinski definition) is 4. The molecule has 0 saturated heterocycles. The number of aromatic nitrogens is 1. The van der Waals surface area contributed by atoms with Gasteiger partial charge in [-0.1, -0.05) is 82.8 Å². The number of ether oxygens (including phenoxy) is 2. The van der Waals surface area contributed by atoms with E-state index in [1.165, 1.54) is 0 Å². The summed E-state index contributed by atoms with van der Waals surface area (Å²) >= 11 is 27.0. The average molecular weight is 654 g/mol. The number of methoxy groups -OCH3 is 1. The summed E-state index contributed by atoms with van der Waals surface area (Å²) in [7, 11) is 1.60. The van der Waals surface area contributed by atoms with E-state index >= 15 is 0 Å². The lowest BCUT2D eigenvalue weighted by Crippen LogP contribution is -2.33. The molecule has 9 heteroatoms. The minimum absolute atomic E-state index is 0.0110. The Balaban J connectivity index is 1.85. The van der Waals surface area contributed by atoms with Crippen LogP contribution in [0.15, 0.2) is 72.9 Å². The molecular weight excluding hydrogens is 626 g/mol. The molecule has 0 spiro atoms. The van der Waals surface area contributed by atoms with E-state index in [9.17, 15) is 4.79 Å². The Morgan fingerprint density at radius 3 is 2.21 bits per heavy atom. The van der Waals surface area contributed by atoms with E-state index in [1.54, 1.807) is 7.11 Å². The SMILES string of the molecule is CCN(CC)c1ccc(C2(c3c(-c4ccccc4)c(C)c4ccccn34)OC(=O)c3c(Cl)c(Cl)c(Cl)c(Cl)c32)c(OC)c1. The minimum atomic E-state index is -1.63. The number of halogens is 4. The predicted molar refractivity (Wildman–Crippen MR) is 176 cm³/mol. The number of pyridine rings is 1. The van der Waals surface area contributed by atoms with Crippen molar-refractivity contribution < 1.29 is 14.3 Å². The van der Waals surface area contributed by atoms with Gasteiger partial charge in [0.1, 0.15) is 5.75 Å². The number of anilines is 1. The number of carbonyl (C=O) groups is 1. The van der Waals surface area contributed by atoms with Crippen molar-refractivity contribution in [2.24, 2.45) is 0 Å². The molecule has 5 nitrogen and oxygen atoms in total. The Hall–Kier alpha value is -3.35. The number of nitrogens with zero attached hydrogens (tertiary/aromatic N) is 2. The zero-order valence-corrected chi connectivity index (χ0v) is 27.0. The van der Waals surface area contributed by atoms with Crippen molar-refractivity contribution in [1.29, 1.82) is 0 Å². The van der Waals surface area contributed by atoms with Crippen molar-refractivity contribution in [1.82, 2.24) is 4.40 Å². The molecule has 2 aromatic heterocycles. The Kier molecular flexibility index (Phi) is 7.80. The first-order valence-electron chi connectivity index (χ1n) is 13.9. The summed E-state index contributed by atoms with van der Waals surface area (Å²) in [5.74, 6) is -0.163. The van der Waals surface area contributed by atoms with Crippen molar-refractivity contribution in [2.75, 3.05) is 25.1 Å². The Morgan fingerprint density at radius 2 is 1.53 bits per heavy atom. The molecule has 1 unspecified atom stereocenters. The van der Waals surface area contributed by atoms with Gasteiger partial charge >= 0.3 is 5.97 Å². The third kappa shape index (κ3) is 4.32. The predicted octanol–water partition coefficient (Wildman–Crippen LogP) is 9.85. The van der Waals surface area contributed by atoms with E-state index in [-0.39, 0.29) is 25.7 Å². The minimum Gasteiger partial charge on any atom is -0.496 e. The second-order valence-corrected chi connectivity index (χ2v) is 11.8. The van der Waals surface area contributed by atoms with Gasteiger partial charge in [0.15, 0.2) is 0 Å². The zero-order valence-electron chi connectivity index (χ0n) is 24.0. The smallest absolute Gasteiger partial charge is 0.341 e. The van der Waals surface area contributed by atoms with Crippen LogP contribution in [0.1, 0.15) is 46.6 Å². The molecule has 1 aliphatic heterocycles. The van der Waals surface area contributed by atoms with Crippen molar-refractivity contribution in [3.63, 3.8) is 0 Å². The van der Waals surface area contributed by atoms with Crippen molar-refractivity contribution in [3.05, 3.63) is 121 Å². The fourth-order valence-corrected chi connectivity index (χ4v) is 7.37. The molecule has 5 aromatic rings. The molecule has 43 heavy (non-hydrogen) atoms. The quantitative estimate of drug-likeness (QED) is 0.0996. The number of fused-ring (bicyclic) bond motifs is 2. The lowest BCUT2D eigenvalue weighted by atomic mass is 9.79. The van der Waals surface area contributed by atoms with Gasteiger partial charge < -0.3 is 18.8 Å². The fourth-order valence-electron chi connectivity index (χ4n) is 6.31. The third-order valence-corrected chi connectivity index (χ3v) is 10.1. The molecule has 0 saturated carbocycles. The van der Waals surface area contributed by atoms with Gasteiger partial charge in [0.2, 0.25) is 5.60 Å². The van der Waals surface area contributed by atoms with Crippen molar-refractivity contribution in [2.45, 2.75) is 26.4 Å². The van der Waals surface area contributed by atoms with Crippen LogP contribution in [0.4, 0.5) is 5.69 Å². The van der Waals surface area contributed by atoms with Crippen LogP contribution in [-0.2, 0) is 10.3 Å². The molecule has 0 N–H and O–H groups in total. The number of aryl methyl sites for hydroxylation is 1. The molecule has 0 radical (unpaired) electrons. The average Bonchev–Trinajstić information content (AvgIpc) is 3.51. The van der Waals surface area contributed by atoms with Crippen LogP contribution in [0.25, 0.3) is 16.6 Å². The van der Waals surface area contributed by atoms with Gasteiger partial charge in [-0.05, 0) is 56.2 Å². The van der Waals surface area contributed by atoms with Gasteiger partial charge in [-0.25, -0.2) is 4.79 Å². The Morgan fingerprint density at radius 1 is 0.860 bits per heavy atom. The lowest BCUT2D eigenvalue weighted by Gasteiger charge is -2.34. The van der Waals surface area contributed by atoms with E-state index in [4.69, 9.17) is 55.9 Å². The maximum absolute atomic E-state index is 14.0. The highest BCUT2D eigenvalue weighted by molar-refractivity contribution is 6.53. The molecule has 3 aromatic carbocycles. The maximum Gasteiger partial charge on any atom is 0.341 e. The normalized spacial score (nSPS) is 16.0. The van der Waals surface area contributed by atoms with Crippen LogP contribution in [0, 0.1) is 6.92 Å². The summed E-state index contributed by atoms with van der Waals surface area (Å²) in [5.41, 5.74) is 4.67. The van der Waals surface area contributed by atoms with Gasteiger partial charge in [-0.3, -0.25) is 0 Å². The summed E-state index contributed by atoms with van der Waals surface area (Å²) < 4.78 is 14.7. The summed E-state index contributed by atoms with van der Waals surface area (Å²) in [5, 5.41) is 0.0836. The standard InChI is InChI=1S/C34H28Cl4N2O3/c1-5-39(6-2)21-15-16-22(24(18-21)42-4)34(27-26(33(41)43-34)28(35)30(37)31(38)29(27)36)32-25(20-12-8-7-9-13-20)19(3)23-14-10-11-17-40(23)32/h7-18H,5-6H2,1-4H3. The Bertz CT molecular complexity index is 1900. The maximum atomic E-state index is 14.0. The van der Waals surface area contributed by atoms with Crippen molar-refractivity contribution in [3.8, 4) is 16.9 Å². The molecular formula is C34H28Cl4N2O3. The van der Waals surface area contributed by atoms with Crippen LogP contribution >= 0.6 is 46.4 Å². The van der Waals surface area contributed by atoms with Crippen LogP contribution in [-0.4, -0.2) is 30.6 Å². The summed E-state index contributed by atoms with van der Waals surface area (Å²) in [4.78, 5) is 16.2. The first-order valence-corrected chi connectivity index (χ1v) is 15.4. The number of benzene rings is 3. The van der Waals surface area contributed by atoms with Gasteiger partial charge in [-0.2, -0.15) is 0 Å². The molecule has 0 amide bonds. The first-order chi connectivity index (χ1) is 20.7. The zero-order chi connectivity index (χ0) is 30.6. The summed E-state index contributed by atoms with van der Waals surface area (Å²) in [6.45, 7) is 7.85. The monoisotopic (exact) mass is 652 g/mol. The number of cyclic esters (lactones) is 1. The second-order valence-electron chi connectivity index (χ2n) is 10.3. The Labute approximate surface area is 270 Å². The molecule has 1 atom stereocenters. The van der Waals surface area contributed by atoms with Crippen LogP contribution in [0.2, 0.25) is 20.1 Å². The molecule has 3 heterocycles. The topological polar surface area (TPSA) is 43.2 Å². The lowest BCUT2D eigenvalue weighted by molar-refractivity contribution is 0.0232. The van der Waals surface area contributed by atoms with Crippen LogP contribution in [0.5, 0.6) is 5.75 Å². The van der Waals surface area contributed by atoms with Gasteiger partial charge in [0.05, 0.1) is 38.5 Å². The molecule has 0 fully saturated rings. The third-order valence-electron chi connectivity index (χ3n) is 8.25. The molecule has 220 valence electrons. The highest BCUT2D eigenvalue weighted by atomic mass is 35.5. The first kappa shape index (κ1) is 29.7. The van der Waals surface area contributed by atoms with Gasteiger partial charge in [-0.15, -0.1) is 0 Å². The number of rotatable bonds is 7. The van der Waals surface area contributed by atoms with E-state index < -0.39 is 11.6 Å². The summed E-state index contributed by atoms with van der Waals surface area (Å²) in [6.07, 6.45) is 1.95. The molecule has 6 rings (SSSR count). The van der Waals surface area contributed by atoms with Gasteiger partial charge in [0, 0.05) is 53.2 Å². The number of hydrogen-bond donors (Lipinski definition) is 0. The molecule has 0 aliphatic carbocycles. The number of carbonyl (C=O) groups excluding carboxylic acids is 1. The van der Waals surface area contributed by atoms with Crippen LogP contribution < -0.4 is 9.64 Å². The van der Waals surface area contributed by atoms with Crippen molar-refractivity contribution >= 4 is 63.6 Å². The van der Waals surface area contributed by atoms with E-state index in [0.29, 0.717) is 22.6 Å². The largest absolute Gasteiger partial charge is 0.496 e. The van der Waals surface area contributed by atoms with E-state index in [0.717, 1.165) is 41.0 Å². The summed E-state index contributed by atoms with van der Waals surface area (Å²) in [6, 6.07) is 21.8. The van der Waals surface area contributed by atoms with Gasteiger partial charge in [0.25, 0.3) is 0 Å². The second kappa shape index (κ2) is 11.3. The number of esters is 1. The highest BCUT2D eigenvalue weighted by Crippen LogP contribution is 2.59. The van der Waals surface area contributed by atoms with E-state index in [2.05, 4.69) is 25.7 Å².